The molecule has 2 heterocycles. The molecule has 23 heavy (non-hydrogen) atoms. The molecule has 0 spiro atoms. The van der Waals surface area contributed by atoms with Gasteiger partial charge < -0.3 is 10.1 Å². The molecule has 2 aromatic heterocycles. The fourth-order valence-corrected chi connectivity index (χ4v) is 2.48. The van der Waals surface area contributed by atoms with Crippen LogP contribution in [0.1, 0.15) is 24.5 Å². The van der Waals surface area contributed by atoms with Gasteiger partial charge in [-0.1, -0.05) is 31.2 Å². The fraction of sp³-hybridized carbons (Fsp3) is 0.353. The Kier molecular flexibility index (Phi) is 4.83. The Morgan fingerprint density at radius 1 is 1.17 bits per heavy atom. The standard InChI is InChI=1S/C17H21N5O/c1-3-8-23-11-14-7-5-4-6-13(14)9-18-16-15-10-21-22(2)17(15)20-12-19-16/h4-7,10,12H,3,8-9,11H2,1-2H3,(H,18,19,20). The van der Waals surface area contributed by atoms with Crippen molar-refractivity contribution >= 4 is 16.9 Å². The molecule has 0 saturated heterocycles. The lowest BCUT2D eigenvalue weighted by atomic mass is 10.1. The minimum atomic E-state index is 0.637. The van der Waals surface area contributed by atoms with Crippen molar-refractivity contribution in [3.05, 3.63) is 47.9 Å². The highest BCUT2D eigenvalue weighted by Gasteiger charge is 2.08. The smallest absolute Gasteiger partial charge is 0.163 e. The third-order valence-corrected chi connectivity index (χ3v) is 3.70. The molecule has 3 rings (SSSR count). The maximum Gasteiger partial charge on any atom is 0.163 e. The molecule has 0 bridgehead atoms. The van der Waals surface area contributed by atoms with Crippen molar-refractivity contribution in [1.82, 2.24) is 19.7 Å². The zero-order valence-corrected chi connectivity index (χ0v) is 13.5. The third-order valence-electron chi connectivity index (χ3n) is 3.70. The van der Waals surface area contributed by atoms with E-state index in [1.54, 1.807) is 17.2 Å². The summed E-state index contributed by atoms with van der Waals surface area (Å²) < 4.78 is 7.41. The van der Waals surface area contributed by atoms with Gasteiger partial charge in [0.15, 0.2) is 5.65 Å². The first-order valence-electron chi connectivity index (χ1n) is 7.80. The van der Waals surface area contributed by atoms with Gasteiger partial charge in [0.1, 0.15) is 12.1 Å². The molecule has 0 saturated carbocycles. The van der Waals surface area contributed by atoms with Crippen LogP contribution in [-0.4, -0.2) is 26.4 Å². The van der Waals surface area contributed by atoms with Gasteiger partial charge in [-0.25, -0.2) is 9.97 Å². The highest BCUT2D eigenvalue weighted by atomic mass is 16.5. The molecule has 120 valence electrons. The van der Waals surface area contributed by atoms with Crippen LogP contribution in [0.25, 0.3) is 11.0 Å². The van der Waals surface area contributed by atoms with Crippen LogP contribution in [0.4, 0.5) is 5.82 Å². The van der Waals surface area contributed by atoms with Gasteiger partial charge in [0.25, 0.3) is 0 Å². The lowest BCUT2D eigenvalue weighted by molar-refractivity contribution is 0.121. The minimum Gasteiger partial charge on any atom is -0.377 e. The van der Waals surface area contributed by atoms with E-state index >= 15 is 0 Å². The predicted octanol–water partition coefficient (Wildman–Crippen LogP) is 2.90. The van der Waals surface area contributed by atoms with Crippen LogP contribution in [0.15, 0.2) is 36.8 Å². The highest BCUT2D eigenvalue weighted by molar-refractivity contribution is 5.85. The average molecular weight is 311 g/mol. The van der Waals surface area contributed by atoms with E-state index in [4.69, 9.17) is 4.74 Å². The molecule has 0 atom stereocenters. The predicted molar refractivity (Wildman–Crippen MR) is 90.0 cm³/mol. The van der Waals surface area contributed by atoms with Crippen LogP contribution in [0.2, 0.25) is 0 Å². The van der Waals surface area contributed by atoms with E-state index < -0.39 is 0 Å². The highest BCUT2D eigenvalue weighted by Crippen LogP contribution is 2.19. The molecule has 3 aromatic rings. The van der Waals surface area contributed by atoms with Gasteiger partial charge in [-0.3, -0.25) is 4.68 Å². The van der Waals surface area contributed by atoms with E-state index in [-0.39, 0.29) is 0 Å². The SMILES string of the molecule is CCCOCc1ccccc1CNc1ncnc2c1cnn2C. The van der Waals surface area contributed by atoms with Crippen LogP contribution >= 0.6 is 0 Å². The lowest BCUT2D eigenvalue weighted by Crippen LogP contribution is -2.06. The number of hydrogen-bond donors (Lipinski definition) is 1. The second kappa shape index (κ2) is 7.19. The average Bonchev–Trinajstić information content (AvgIpc) is 2.96. The minimum absolute atomic E-state index is 0.637. The normalized spacial score (nSPS) is 11.0. The Balaban J connectivity index is 1.75. The van der Waals surface area contributed by atoms with Crippen molar-refractivity contribution in [2.24, 2.45) is 7.05 Å². The van der Waals surface area contributed by atoms with E-state index in [1.165, 1.54) is 11.1 Å². The van der Waals surface area contributed by atoms with Gasteiger partial charge in [-0.15, -0.1) is 0 Å². The second-order valence-electron chi connectivity index (χ2n) is 5.40. The molecule has 0 amide bonds. The van der Waals surface area contributed by atoms with Crippen molar-refractivity contribution in [2.75, 3.05) is 11.9 Å². The zero-order chi connectivity index (χ0) is 16.1. The van der Waals surface area contributed by atoms with E-state index in [0.29, 0.717) is 13.2 Å². The van der Waals surface area contributed by atoms with Crippen molar-refractivity contribution in [3.8, 4) is 0 Å². The maximum absolute atomic E-state index is 5.67. The summed E-state index contributed by atoms with van der Waals surface area (Å²) in [6, 6.07) is 8.30. The number of fused-ring (bicyclic) bond motifs is 1. The van der Waals surface area contributed by atoms with Gasteiger partial charge in [0.05, 0.1) is 18.2 Å². The summed E-state index contributed by atoms with van der Waals surface area (Å²) in [6.07, 6.45) is 4.37. The monoisotopic (exact) mass is 311 g/mol. The topological polar surface area (TPSA) is 64.9 Å². The molecule has 0 radical (unpaired) electrons. The molecule has 6 heteroatoms. The number of anilines is 1. The maximum atomic E-state index is 5.67. The zero-order valence-electron chi connectivity index (χ0n) is 13.5. The van der Waals surface area contributed by atoms with Gasteiger partial charge in [-0.2, -0.15) is 5.10 Å². The first-order valence-corrected chi connectivity index (χ1v) is 7.80. The number of ether oxygens (including phenoxy) is 1. The molecular formula is C17H21N5O. The Labute approximate surface area is 135 Å². The summed E-state index contributed by atoms with van der Waals surface area (Å²) in [5.41, 5.74) is 3.23. The second-order valence-corrected chi connectivity index (χ2v) is 5.40. The molecule has 0 unspecified atom stereocenters. The van der Waals surface area contributed by atoms with Crippen LogP contribution in [0, 0.1) is 0 Å². The fourth-order valence-electron chi connectivity index (χ4n) is 2.48. The van der Waals surface area contributed by atoms with Crippen LogP contribution in [0.5, 0.6) is 0 Å². The molecule has 0 aliphatic carbocycles. The molecular weight excluding hydrogens is 290 g/mol. The van der Waals surface area contributed by atoms with Crippen LogP contribution < -0.4 is 5.32 Å². The number of nitrogens with one attached hydrogen (secondary N) is 1. The van der Waals surface area contributed by atoms with Gasteiger partial charge in [0.2, 0.25) is 0 Å². The van der Waals surface area contributed by atoms with E-state index in [0.717, 1.165) is 29.9 Å². The van der Waals surface area contributed by atoms with E-state index in [1.807, 2.05) is 19.2 Å². The number of aromatic nitrogens is 4. The van der Waals surface area contributed by atoms with Crippen molar-refractivity contribution in [2.45, 2.75) is 26.5 Å². The Morgan fingerprint density at radius 2 is 2.00 bits per heavy atom. The molecule has 0 fully saturated rings. The summed E-state index contributed by atoms with van der Waals surface area (Å²) in [5.74, 6) is 0.798. The summed E-state index contributed by atoms with van der Waals surface area (Å²) >= 11 is 0. The molecule has 6 nitrogen and oxygen atoms in total. The molecule has 0 aliphatic heterocycles. The number of aryl methyl sites for hydroxylation is 1. The first-order chi connectivity index (χ1) is 11.3. The van der Waals surface area contributed by atoms with Gasteiger partial charge in [-0.05, 0) is 17.5 Å². The lowest BCUT2D eigenvalue weighted by Gasteiger charge is -2.11. The van der Waals surface area contributed by atoms with Crippen molar-refractivity contribution in [1.29, 1.82) is 0 Å². The van der Waals surface area contributed by atoms with Crippen molar-refractivity contribution < 1.29 is 4.74 Å². The molecule has 0 aliphatic rings. The Hall–Kier alpha value is -2.47. The number of nitrogens with zero attached hydrogens (tertiary/aromatic N) is 4. The van der Waals surface area contributed by atoms with Crippen molar-refractivity contribution in [3.63, 3.8) is 0 Å². The number of hydrogen-bond acceptors (Lipinski definition) is 5. The molecule has 1 N–H and O–H groups in total. The van der Waals surface area contributed by atoms with Crippen LogP contribution in [-0.2, 0) is 24.9 Å². The number of rotatable bonds is 7. The van der Waals surface area contributed by atoms with Gasteiger partial charge in [0, 0.05) is 20.2 Å². The quantitative estimate of drug-likeness (QED) is 0.680. The van der Waals surface area contributed by atoms with E-state index in [2.05, 4.69) is 39.4 Å². The Morgan fingerprint density at radius 3 is 2.83 bits per heavy atom. The summed E-state index contributed by atoms with van der Waals surface area (Å²) in [6.45, 7) is 4.22. The third kappa shape index (κ3) is 3.48. The summed E-state index contributed by atoms with van der Waals surface area (Å²) in [7, 11) is 1.87. The Bertz CT molecular complexity index is 784. The van der Waals surface area contributed by atoms with Crippen LogP contribution in [0.3, 0.4) is 0 Å². The number of benzene rings is 1. The first kappa shape index (κ1) is 15.4. The van der Waals surface area contributed by atoms with Gasteiger partial charge >= 0.3 is 0 Å². The largest absolute Gasteiger partial charge is 0.377 e. The molecule has 1 aromatic carbocycles. The summed E-state index contributed by atoms with van der Waals surface area (Å²) in [5, 5.41) is 8.55. The summed E-state index contributed by atoms with van der Waals surface area (Å²) in [4.78, 5) is 8.59. The van der Waals surface area contributed by atoms with E-state index in [9.17, 15) is 0 Å².